The molecule has 0 aliphatic heterocycles. The molecular formula is C13H20N. The first-order chi connectivity index (χ1) is 6.70. The monoisotopic (exact) mass is 190 g/mol. The van der Waals surface area contributed by atoms with E-state index in [4.69, 9.17) is 0 Å². The summed E-state index contributed by atoms with van der Waals surface area (Å²) in [5.74, 6) is 2.29. The molecule has 14 heavy (non-hydrogen) atoms. The smallest absolute Gasteiger partial charge is 0.0299 e. The fourth-order valence-electron chi connectivity index (χ4n) is 1.45. The number of rotatable bonds is 5. The van der Waals surface area contributed by atoms with Gasteiger partial charge in [0.05, 0.1) is 0 Å². The van der Waals surface area contributed by atoms with Crippen LogP contribution in [-0.4, -0.2) is 4.98 Å². The van der Waals surface area contributed by atoms with Crippen molar-refractivity contribution >= 4 is 0 Å². The number of nitrogens with zero attached hydrogens (tertiary/aromatic N) is 1. The van der Waals surface area contributed by atoms with Crippen molar-refractivity contribution in [2.24, 2.45) is 5.92 Å². The predicted octanol–water partition coefficient (Wildman–Crippen LogP) is 3.65. The van der Waals surface area contributed by atoms with Crippen molar-refractivity contribution in [2.45, 2.75) is 40.0 Å². The highest BCUT2D eigenvalue weighted by Crippen LogP contribution is 2.18. The van der Waals surface area contributed by atoms with Crippen molar-refractivity contribution in [1.82, 2.24) is 4.98 Å². The Labute approximate surface area is 87.6 Å². The van der Waals surface area contributed by atoms with Gasteiger partial charge in [-0.15, -0.1) is 0 Å². The SMILES string of the molecule is C[C](C)C(C)CCCc1cccnc1. The summed E-state index contributed by atoms with van der Waals surface area (Å²) in [6, 6.07) is 4.16. The topological polar surface area (TPSA) is 12.9 Å². The zero-order valence-corrected chi connectivity index (χ0v) is 9.46. The van der Waals surface area contributed by atoms with Gasteiger partial charge >= 0.3 is 0 Å². The Morgan fingerprint density at radius 1 is 1.43 bits per heavy atom. The van der Waals surface area contributed by atoms with Crippen LogP contribution in [0, 0.1) is 11.8 Å². The summed E-state index contributed by atoms with van der Waals surface area (Å²) in [5.41, 5.74) is 1.36. The van der Waals surface area contributed by atoms with Crippen molar-refractivity contribution in [3.8, 4) is 0 Å². The fraction of sp³-hybridized carbons (Fsp3) is 0.538. The van der Waals surface area contributed by atoms with Gasteiger partial charge in [0.15, 0.2) is 0 Å². The molecule has 1 heteroatoms. The maximum atomic E-state index is 4.11. The van der Waals surface area contributed by atoms with Crippen molar-refractivity contribution in [3.05, 3.63) is 36.0 Å². The lowest BCUT2D eigenvalue weighted by Gasteiger charge is -2.14. The van der Waals surface area contributed by atoms with Crippen molar-refractivity contribution < 1.29 is 0 Å². The molecule has 0 saturated heterocycles. The summed E-state index contributed by atoms with van der Waals surface area (Å²) in [4.78, 5) is 4.11. The molecule has 1 rings (SSSR count). The van der Waals surface area contributed by atoms with Gasteiger partial charge in [-0.05, 0) is 42.7 Å². The first-order valence-electron chi connectivity index (χ1n) is 5.39. The summed E-state index contributed by atoms with van der Waals surface area (Å²) in [7, 11) is 0. The molecule has 0 aliphatic rings. The second kappa shape index (κ2) is 5.79. The minimum atomic E-state index is 0.756. The van der Waals surface area contributed by atoms with E-state index in [9.17, 15) is 0 Å². The van der Waals surface area contributed by atoms with Crippen LogP contribution >= 0.6 is 0 Å². The first-order valence-corrected chi connectivity index (χ1v) is 5.39. The van der Waals surface area contributed by atoms with E-state index in [0.717, 1.165) is 12.3 Å². The lowest BCUT2D eigenvalue weighted by Crippen LogP contribution is -2.02. The van der Waals surface area contributed by atoms with Gasteiger partial charge in [0, 0.05) is 12.4 Å². The average Bonchev–Trinajstić information content (AvgIpc) is 2.19. The molecule has 0 aliphatic carbocycles. The summed E-state index contributed by atoms with van der Waals surface area (Å²) in [6.45, 7) is 6.74. The summed E-state index contributed by atoms with van der Waals surface area (Å²) >= 11 is 0. The standard InChI is InChI=1S/C13H20N/c1-11(2)12(3)6-4-7-13-8-5-9-14-10-13/h5,8-10,12H,4,6-7H2,1-3H3. The van der Waals surface area contributed by atoms with Gasteiger partial charge < -0.3 is 0 Å². The van der Waals surface area contributed by atoms with Crippen LogP contribution in [0.4, 0.5) is 0 Å². The number of hydrogen-bond donors (Lipinski definition) is 0. The second-order valence-electron chi connectivity index (χ2n) is 4.23. The molecule has 1 aromatic rings. The number of pyridine rings is 1. The van der Waals surface area contributed by atoms with Crippen molar-refractivity contribution in [2.75, 3.05) is 0 Å². The summed E-state index contributed by atoms with van der Waals surface area (Å²) < 4.78 is 0. The highest BCUT2D eigenvalue weighted by molar-refractivity contribution is 5.08. The quantitative estimate of drug-likeness (QED) is 0.690. The van der Waals surface area contributed by atoms with Gasteiger partial charge in [-0.25, -0.2) is 0 Å². The van der Waals surface area contributed by atoms with E-state index in [1.807, 2.05) is 18.5 Å². The van der Waals surface area contributed by atoms with E-state index in [-0.39, 0.29) is 0 Å². The van der Waals surface area contributed by atoms with E-state index in [1.54, 1.807) is 0 Å². The molecule has 1 unspecified atom stereocenters. The van der Waals surface area contributed by atoms with Gasteiger partial charge in [0.1, 0.15) is 0 Å². The lowest BCUT2D eigenvalue weighted by molar-refractivity contribution is 0.527. The normalized spacial score (nSPS) is 13.1. The van der Waals surface area contributed by atoms with Crippen LogP contribution in [0.2, 0.25) is 0 Å². The van der Waals surface area contributed by atoms with Gasteiger partial charge in [-0.2, -0.15) is 0 Å². The Kier molecular flexibility index (Phi) is 4.64. The van der Waals surface area contributed by atoms with Crippen LogP contribution in [-0.2, 0) is 6.42 Å². The Morgan fingerprint density at radius 3 is 2.79 bits per heavy atom. The van der Waals surface area contributed by atoms with E-state index in [1.165, 1.54) is 24.3 Å². The molecule has 0 spiro atoms. The Balaban J connectivity index is 2.22. The fourth-order valence-corrected chi connectivity index (χ4v) is 1.45. The van der Waals surface area contributed by atoms with Gasteiger partial charge in [0.2, 0.25) is 0 Å². The summed E-state index contributed by atoms with van der Waals surface area (Å²) in [6.07, 6.45) is 7.50. The molecule has 0 amide bonds. The molecule has 0 bridgehead atoms. The number of aromatic nitrogens is 1. The zero-order valence-electron chi connectivity index (χ0n) is 9.46. The van der Waals surface area contributed by atoms with Crippen LogP contribution < -0.4 is 0 Å². The van der Waals surface area contributed by atoms with Crippen molar-refractivity contribution in [3.63, 3.8) is 0 Å². The summed E-state index contributed by atoms with van der Waals surface area (Å²) in [5, 5.41) is 0. The zero-order chi connectivity index (χ0) is 10.4. The first kappa shape index (κ1) is 11.2. The van der Waals surface area contributed by atoms with Crippen molar-refractivity contribution in [1.29, 1.82) is 0 Å². The average molecular weight is 190 g/mol. The predicted molar refractivity (Wildman–Crippen MR) is 60.9 cm³/mol. The minimum Gasteiger partial charge on any atom is -0.264 e. The molecule has 1 radical (unpaired) electrons. The molecule has 1 aromatic heterocycles. The maximum absolute atomic E-state index is 4.11. The molecule has 77 valence electrons. The molecule has 0 saturated carbocycles. The van der Waals surface area contributed by atoms with E-state index in [0.29, 0.717) is 0 Å². The number of aryl methyl sites for hydroxylation is 1. The number of hydrogen-bond acceptors (Lipinski definition) is 1. The minimum absolute atomic E-state index is 0.756. The third kappa shape index (κ3) is 3.91. The van der Waals surface area contributed by atoms with Crippen LogP contribution in [0.1, 0.15) is 39.2 Å². The Morgan fingerprint density at radius 2 is 2.21 bits per heavy atom. The molecule has 1 atom stereocenters. The van der Waals surface area contributed by atoms with E-state index < -0.39 is 0 Å². The highest BCUT2D eigenvalue weighted by Gasteiger charge is 2.06. The molecular weight excluding hydrogens is 170 g/mol. The van der Waals surface area contributed by atoms with Crippen LogP contribution in [0.3, 0.4) is 0 Å². The third-order valence-corrected chi connectivity index (χ3v) is 2.81. The van der Waals surface area contributed by atoms with E-state index in [2.05, 4.69) is 31.8 Å². The van der Waals surface area contributed by atoms with Crippen LogP contribution in [0.15, 0.2) is 24.5 Å². The maximum Gasteiger partial charge on any atom is 0.0299 e. The molecule has 0 fully saturated rings. The Hall–Kier alpha value is -0.850. The molecule has 1 nitrogen and oxygen atoms in total. The van der Waals surface area contributed by atoms with Gasteiger partial charge in [-0.3, -0.25) is 4.98 Å². The molecule has 0 N–H and O–H groups in total. The van der Waals surface area contributed by atoms with Gasteiger partial charge in [0.25, 0.3) is 0 Å². The van der Waals surface area contributed by atoms with Crippen LogP contribution in [0.25, 0.3) is 0 Å². The Bertz CT molecular complexity index is 241. The van der Waals surface area contributed by atoms with E-state index >= 15 is 0 Å². The largest absolute Gasteiger partial charge is 0.264 e. The van der Waals surface area contributed by atoms with Crippen LogP contribution in [0.5, 0.6) is 0 Å². The lowest BCUT2D eigenvalue weighted by atomic mass is 9.92. The third-order valence-electron chi connectivity index (χ3n) is 2.81. The molecule has 0 aromatic carbocycles. The highest BCUT2D eigenvalue weighted by atomic mass is 14.6. The molecule has 1 heterocycles. The van der Waals surface area contributed by atoms with Gasteiger partial charge in [-0.1, -0.05) is 26.8 Å². The second-order valence-corrected chi connectivity index (χ2v) is 4.23.